The highest BCUT2D eigenvalue weighted by Gasteiger charge is 2.32. The Hall–Kier alpha value is -2.02. The van der Waals surface area contributed by atoms with Crippen LogP contribution in [-0.4, -0.2) is 31.6 Å². The second-order valence-electron chi connectivity index (χ2n) is 5.88. The predicted molar refractivity (Wildman–Crippen MR) is 78.2 cm³/mol. The van der Waals surface area contributed by atoms with Gasteiger partial charge in [0.25, 0.3) is 0 Å². The number of rotatable bonds is 5. The minimum atomic E-state index is -0.741. The fourth-order valence-corrected chi connectivity index (χ4v) is 1.84. The fraction of sp³-hybridized carbons (Fsp3) is 0.467. The number of amides is 1. The van der Waals surface area contributed by atoms with Crippen LogP contribution in [0.1, 0.15) is 20.8 Å². The highest BCUT2D eigenvalue weighted by molar-refractivity contribution is 5.92. The maximum absolute atomic E-state index is 13.4. The first-order chi connectivity index (χ1) is 10.1. The number of methoxy groups -OCH3 is 1. The van der Waals surface area contributed by atoms with Crippen LogP contribution in [0, 0.1) is 17.0 Å². The molecule has 1 rings (SSSR count). The van der Waals surface area contributed by atoms with Crippen molar-refractivity contribution in [1.82, 2.24) is 5.32 Å². The van der Waals surface area contributed by atoms with Gasteiger partial charge in [0.05, 0.1) is 19.3 Å². The van der Waals surface area contributed by atoms with Crippen molar-refractivity contribution in [1.29, 1.82) is 0 Å². The molecule has 0 aliphatic rings. The normalized spacial score (nSPS) is 12.6. The van der Waals surface area contributed by atoms with Crippen LogP contribution in [0.5, 0.6) is 0 Å². The summed E-state index contributed by atoms with van der Waals surface area (Å²) < 4.78 is 31.1. The SMILES string of the molecule is COC(=O)[C@@H](NCC(=O)Nc1cc(F)ccc1F)C(C)(C)C. The summed E-state index contributed by atoms with van der Waals surface area (Å²) in [6.45, 7) is 5.19. The largest absolute Gasteiger partial charge is 0.468 e. The highest BCUT2D eigenvalue weighted by atomic mass is 19.1. The third-order valence-electron chi connectivity index (χ3n) is 2.97. The van der Waals surface area contributed by atoms with Crippen molar-refractivity contribution in [3.8, 4) is 0 Å². The second kappa shape index (κ2) is 7.31. The minimum absolute atomic E-state index is 0.243. The molecule has 0 unspecified atom stereocenters. The number of halogens is 2. The summed E-state index contributed by atoms with van der Waals surface area (Å²) in [5.74, 6) is -2.50. The lowest BCUT2D eigenvalue weighted by Crippen LogP contribution is -2.49. The summed E-state index contributed by atoms with van der Waals surface area (Å²) >= 11 is 0. The van der Waals surface area contributed by atoms with Crippen LogP contribution >= 0.6 is 0 Å². The van der Waals surface area contributed by atoms with Crippen molar-refractivity contribution in [2.24, 2.45) is 5.41 Å². The van der Waals surface area contributed by atoms with E-state index in [2.05, 4.69) is 15.4 Å². The summed E-state index contributed by atoms with van der Waals surface area (Å²) in [5, 5.41) is 5.01. The van der Waals surface area contributed by atoms with E-state index in [1.54, 1.807) is 0 Å². The third kappa shape index (κ3) is 5.07. The van der Waals surface area contributed by atoms with Gasteiger partial charge in [-0.3, -0.25) is 14.9 Å². The van der Waals surface area contributed by atoms with Crippen LogP contribution in [0.25, 0.3) is 0 Å². The molecule has 7 heteroatoms. The lowest BCUT2D eigenvalue weighted by Gasteiger charge is -2.28. The maximum atomic E-state index is 13.4. The Labute approximate surface area is 128 Å². The van der Waals surface area contributed by atoms with Gasteiger partial charge in [0.2, 0.25) is 5.91 Å². The molecule has 22 heavy (non-hydrogen) atoms. The maximum Gasteiger partial charge on any atom is 0.323 e. The van der Waals surface area contributed by atoms with Gasteiger partial charge in [-0.15, -0.1) is 0 Å². The number of anilines is 1. The topological polar surface area (TPSA) is 67.4 Å². The summed E-state index contributed by atoms with van der Waals surface area (Å²) in [5.41, 5.74) is -0.727. The molecule has 0 spiro atoms. The molecule has 1 aromatic carbocycles. The Bertz CT molecular complexity index is 556. The van der Waals surface area contributed by atoms with E-state index in [4.69, 9.17) is 0 Å². The molecule has 5 nitrogen and oxygen atoms in total. The van der Waals surface area contributed by atoms with Crippen LogP contribution < -0.4 is 10.6 Å². The first-order valence-electron chi connectivity index (χ1n) is 6.71. The molecule has 2 N–H and O–H groups in total. The number of benzene rings is 1. The highest BCUT2D eigenvalue weighted by Crippen LogP contribution is 2.20. The van der Waals surface area contributed by atoms with E-state index in [-0.39, 0.29) is 12.2 Å². The molecule has 1 amide bonds. The summed E-state index contributed by atoms with van der Waals surface area (Å²) in [6.07, 6.45) is 0. The Morgan fingerprint density at radius 1 is 1.27 bits per heavy atom. The number of ether oxygens (including phenoxy) is 1. The van der Waals surface area contributed by atoms with Gasteiger partial charge in [-0.05, 0) is 17.5 Å². The van der Waals surface area contributed by atoms with Crippen LogP contribution in [0.4, 0.5) is 14.5 Å². The first kappa shape index (κ1) is 18.0. The molecule has 0 aliphatic heterocycles. The fourth-order valence-electron chi connectivity index (χ4n) is 1.84. The van der Waals surface area contributed by atoms with E-state index in [0.29, 0.717) is 0 Å². The average Bonchev–Trinajstić information content (AvgIpc) is 2.41. The Kier molecular flexibility index (Phi) is 5.99. The molecule has 0 saturated carbocycles. The summed E-state index contributed by atoms with van der Waals surface area (Å²) in [6, 6.07) is 2.05. The smallest absolute Gasteiger partial charge is 0.323 e. The van der Waals surface area contributed by atoms with E-state index >= 15 is 0 Å². The van der Waals surface area contributed by atoms with Gasteiger partial charge in [-0.2, -0.15) is 0 Å². The molecule has 1 aromatic rings. The van der Waals surface area contributed by atoms with Crippen LogP contribution in [-0.2, 0) is 14.3 Å². The number of hydrogen-bond acceptors (Lipinski definition) is 4. The van der Waals surface area contributed by atoms with E-state index in [9.17, 15) is 18.4 Å². The van der Waals surface area contributed by atoms with Crippen molar-refractivity contribution in [2.75, 3.05) is 19.0 Å². The van der Waals surface area contributed by atoms with Crippen molar-refractivity contribution < 1.29 is 23.1 Å². The molecule has 0 aromatic heterocycles. The first-order valence-corrected chi connectivity index (χ1v) is 6.71. The molecular formula is C15H20F2N2O3. The lowest BCUT2D eigenvalue weighted by atomic mass is 9.87. The van der Waals surface area contributed by atoms with Crippen molar-refractivity contribution >= 4 is 17.6 Å². The summed E-state index contributed by atoms with van der Waals surface area (Å²) in [7, 11) is 1.25. The molecule has 0 fully saturated rings. The Morgan fingerprint density at radius 2 is 1.91 bits per heavy atom. The molecular weight excluding hydrogens is 294 g/mol. The van der Waals surface area contributed by atoms with E-state index in [1.165, 1.54) is 7.11 Å². The quantitative estimate of drug-likeness (QED) is 0.817. The van der Waals surface area contributed by atoms with E-state index < -0.39 is 35.0 Å². The summed E-state index contributed by atoms with van der Waals surface area (Å²) in [4.78, 5) is 23.5. The standard InChI is InChI=1S/C15H20F2N2O3/c1-15(2,3)13(14(21)22-4)18-8-12(20)19-11-7-9(16)5-6-10(11)17/h5-7,13,18H,8H2,1-4H3,(H,19,20)/t13-/m1/s1. The molecule has 0 bridgehead atoms. The average molecular weight is 314 g/mol. The zero-order valence-corrected chi connectivity index (χ0v) is 13.0. The number of carbonyl (C=O) groups is 2. The molecule has 0 radical (unpaired) electrons. The van der Waals surface area contributed by atoms with Gasteiger partial charge in [-0.25, -0.2) is 8.78 Å². The lowest BCUT2D eigenvalue weighted by molar-refractivity contribution is -0.146. The third-order valence-corrected chi connectivity index (χ3v) is 2.97. The zero-order valence-electron chi connectivity index (χ0n) is 13.0. The molecule has 122 valence electrons. The van der Waals surface area contributed by atoms with Gasteiger partial charge in [-0.1, -0.05) is 20.8 Å². The van der Waals surface area contributed by atoms with E-state index in [1.807, 2.05) is 20.8 Å². The molecule has 0 saturated heterocycles. The Balaban J connectivity index is 2.68. The molecule has 0 heterocycles. The number of hydrogen-bond donors (Lipinski definition) is 2. The predicted octanol–water partition coefficient (Wildman–Crippen LogP) is 2.08. The van der Waals surface area contributed by atoms with Crippen LogP contribution in [0.2, 0.25) is 0 Å². The van der Waals surface area contributed by atoms with Gasteiger partial charge in [0, 0.05) is 6.07 Å². The van der Waals surface area contributed by atoms with Gasteiger partial charge in [0.1, 0.15) is 17.7 Å². The van der Waals surface area contributed by atoms with Crippen molar-refractivity contribution in [3.63, 3.8) is 0 Å². The number of nitrogens with one attached hydrogen (secondary N) is 2. The van der Waals surface area contributed by atoms with Crippen molar-refractivity contribution in [2.45, 2.75) is 26.8 Å². The monoisotopic (exact) mass is 314 g/mol. The minimum Gasteiger partial charge on any atom is -0.468 e. The zero-order chi connectivity index (χ0) is 16.9. The van der Waals surface area contributed by atoms with Crippen molar-refractivity contribution in [3.05, 3.63) is 29.8 Å². The second-order valence-corrected chi connectivity index (χ2v) is 5.88. The Morgan fingerprint density at radius 3 is 2.45 bits per heavy atom. The van der Waals surface area contributed by atoms with Gasteiger partial charge < -0.3 is 10.1 Å². The number of carbonyl (C=O) groups excluding carboxylic acids is 2. The van der Waals surface area contributed by atoms with Gasteiger partial charge in [0.15, 0.2) is 0 Å². The molecule has 1 atom stereocenters. The van der Waals surface area contributed by atoms with E-state index in [0.717, 1.165) is 18.2 Å². The molecule has 0 aliphatic carbocycles. The van der Waals surface area contributed by atoms with Crippen LogP contribution in [0.15, 0.2) is 18.2 Å². The van der Waals surface area contributed by atoms with Gasteiger partial charge >= 0.3 is 5.97 Å². The number of esters is 1. The van der Waals surface area contributed by atoms with Crippen LogP contribution in [0.3, 0.4) is 0 Å².